The molecule has 1 N–H and O–H groups in total. The third kappa shape index (κ3) is 4.25. The Hall–Kier alpha value is -2.98. The van der Waals surface area contributed by atoms with E-state index in [2.05, 4.69) is 21.2 Å². The predicted octanol–water partition coefficient (Wildman–Crippen LogP) is 3.90. The van der Waals surface area contributed by atoms with E-state index in [4.69, 9.17) is 5.26 Å². The van der Waals surface area contributed by atoms with E-state index in [9.17, 15) is 14.9 Å². The highest BCUT2D eigenvalue weighted by atomic mass is 79.9. The van der Waals surface area contributed by atoms with Crippen molar-refractivity contribution in [1.29, 1.82) is 5.26 Å². The molecule has 0 aromatic heterocycles. The quantitative estimate of drug-likeness (QED) is 0.381. The maximum atomic E-state index is 12.2. The van der Waals surface area contributed by atoms with Crippen LogP contribution in [0, 0.1) is 21.4 Å². The summed E-state index contributed by atoms with van der Waals surface area (Å²) in [6, 6.07) is 14.5. The number of nitriles is 1. The van der Waals surface area contributed by atoms with E-state index in [1.54, 1.807) is 36.4 Å². The lowest BCUT2D eigenvalue weighted by Gasteiger charge is -2.05. The Morgan fingerprint density at radius 2 is 2.00 bits per heavy atom. The summed E-state index contributed by atoms with van der Waals surface area (Å²) in [5.41, 5.74) is 0.307. The number of rotatable bonds is 4. The zero-order valence-corrected chi connectivity index (χ0v) is 13.3. The lowest BCUT2D eigenvalue weighted by molar-refractivity contribution is -0.385. The second-order valence-electron chi connectivity index (χ2n) is 4.45. The maximum Gasteiger partial charge on any atom is 0.276 e. The zero-order valence-electron chi connectivity index (χ0n) is 11.7. The van der Waals surface area contributed by atoms with E-state index in [1.165, 1.54) is 24.3 Å². The molecule has 2 aromatic rings. The molecule has 23 heavy (non-hydrogen) atoms. The number of amides is 1. The summed E-state index contributed by atoms with van der Waals surface area (Å²) in [6.45, 7) is 0. The number of nitrogens with one attached hydrogen (secondary N) is 1. The molecule has 2 rings (SSSR count). The number of nitro benzene ring substituents is 1. The van der Waals surface area contributed by atoms with Gasteiger partial charge in [0.15, 0.2) is 0 Å². The number of carbonyl (C=O) groups excluding carboxylic acids is 1. The van der Waals surface area contributed by atoms with Crippen LogP contribution in [-0.2, 0) is 4.79 Å². The number of anilines is 1. The summed E-state index contributed by atoms with van der Waals surface area (Å²) in [7, 11) is 0. The monoisotopic (exact) mass is 371 g/mol. The molecule has 0 saturated carbocycles. The van der Waals surface area contributed by atoms with E-state index in [0.29, 0.717) is 5.69 Å². The molecular formula is C16H10BrN3O3. The lowest BCUT2D eigenvalue weighted by Crippen LogP contribution is -2.13. The first-order chi connectivity index (χ1) is 11.0. The lowest BCUT2D eigenvalue weighted by atomic mass is 10.1. The van der Waals surface area contributed by atoms with Crippen LogP contribution in [0.5, 0.6) is 0 Å². The van der Waals surface area contributed by atoms with Crippen molar-refractivity contribution in [3.8, 4) is 6.07 Å². The van der Waals surface area contributed by atoms with Crippen LogP contribution in [0.3, 0.4) is 0 Å². The Morgan fingerprint density at radius 3 is 2.65 bits per heavy atom. The minimum atomic E-state index is -0.635. The highest BCUT2D eigenvalue weighted by Gasteiger charge is 2.15. The van der Waals surface area contributed by atoms with Crippen LogP contribution in [0.2, 0.25) is 0 Å². The summed E-state index contributed by atoms with van der Waals surface area (Å²) in [5.74, 6) is -0.635. The fourth-order valence-electron chi connectivity index (χ4n) is 1.84. The van der Waals surface area contributed by atoms with Crippen molar-refractivity contribution >= 4 is 39.3 Å². The molecule has 0 bridgehead atoms. The van der Waals surface area contributed by atoms with Gasteiger partial charge in [0, 0.05) is 16.2 Å². The van der Waals surface area contributed by atoms with E-state index >= 15 is 0 Å². The molecule has 0 radical (unpaired) electrons. The van der Waals surface area contributed by atoms with Crippen molar-refractivity contribution in [3.05, 3.63) is 74.3 Å². The molecule has 2 aromatic carbocycles. The number of hydrogen-bond acceptors (Lipinski definition) is 4. The minimum absolute atomic E-state index is 0.171. The standard InChI is InChI=1S/C16H10BrN3O3/c17-13-5-3-6-14(9-13)19-16(21)12(10-18)8-11-4-1-2-7-15(11)20(22)23/h1-9H,(H,19,21)/b12-8-. The summed E-state index contributed by atoms with van der Waals surface area (Å²) >= 11 is 3.28. The Labute approximate surface area is 140 Å². The van der Waals surface area contributed by atoms with Gasteiger partial charge < -0.3 is 5.32 Å². The third-order valence-electron chi connectivity index (χ3n) is 2.88. The normalized spacial score (nSPS) is 10.7. The zero-order chi connectivity index (χ0) is 16.8. The van der Waals surface area contributed by atoms with Crippen LogP contribution >= 0.6 is 15.9 Å². The van der Waals surface area contributed by atoms with Crippen molar-refractivity contribution in [2.45, 2.75) is 0 Å². The fourth-order valence-corrected chi connectivity index (χ4v) is 2.24. The van der Waals surface area contributed by atoms with Gasteiger partial charge in [-0.05, 0) is 30.3 Å². The smallest absolute Gasteiger partial charge is 0.276 e. The van der Waals surface area contributed by atoms with Gasteiger partial charge in [0.2, 0.25) is 0 Å². The van der Waals surface area contributed by atoms with Crippen molar-refractivity contribution in [3.63, 3.8) is 0 Å². The van der Waals surface area contributed by atoms with Gasteiger partial charge in [0.25, 0.3) is 11.6 Å². The van der Waals surface area contributed by atoms with Gasteiger partial charge in [0.05, 0.1) is 10.5 Å². The molecule has 0 atom stereocenters. The van der Waals surface area contributed by atoms with Gasteiger partial charge in [0.1, 0.15) is 11.6 Å². The van der Waals surface area contributed by atoms with Crippen molar-refractivity contribution in [2.75, 3.05) is 5.32 Å². The fraction of sp³-hybridized carbons (Fsp3) is 0. The van der Waals surface area contributed by atoms with Crippen LogP contribution in [0.15, 0.2) is 58.6 Å². The van der Waals surface area contributed by atoms with E-state index in [0.717, 1.165) is 4.47 Å². The molecule has 0 aliphatic rings. The van der Waals surface area contributed by atoms with E-state index in [1.807, 2.05) is 0 Å². The second kappa shape index (κ2) is 7.33. The molecule has 0 fully saturated rings. The molecule has 7 heteroatoms. The summed E-state index contributed by atoms with van der Waals surface area (Å²) in [6.07, 6.45) is 1.20. The topological polar surface area (TPSA) is 96.0 Å². The molecule has 0 spiro atoms. The minimum Gasteiger partial charge on any atom is -0.321 e. The Morgan fingerprint density at radius 1 is 1.26 bits per heavy atom. The molecule has 0 unspecified atom stereocenters. The average molecular weight is 372 g/mol. The Kier molecular flexibility index (Phi) is 5.23. The first kappa shape index (κ1) is 16.4. The number of carbonyl (C=O) groups is 1. The number of nitro groups is 1. The molecule has 1 amide bonds. The molecule has 0 aliphatic carbocycles. The first-order valence-electron chi connectivity index (χ1n) is 6.43. The van der Waals surface area contributed by atoms with Gasteiger partial charge in [-0.2, -0.15) is 5.26 Å². The molecule has 0 saturated heterocycles. The average Bonchev–Trinajstić information content (AvgIpc) is 2.52. The van der Waals surface area contributed by atoms with Gasteiger partial charge in [-0.3, -0.25) is 14.9 Å². The highest BCUT2D eigenvalue weighted by Crippen LogP contribution is 2.21. The first-order valence-corrected chi connectivity index (χ1v) is 7.22. The van der Waals surface area contributed by atoms with Crippen molar-refractivity contribution < 1.29 is 9.72 Å². The van der Waals surface area contributed by atoms with Crippen LogP contribution in [0.25, 0.3) is 6.08 Å². The predicted molar refractivity (Wildman–Crippen MR) is 89.5 cm³/mol. The van der Waals surface area contributed by atoms with Gasteiger partial charge in [-0.1, -0.05) is 34.1 Å². The van der Waals surface area contributed by atoms with Crippen LogP contribution in [0.4, 0.5) is 11.4 Å². The SMILES string of the molecule is N#C/C(=C/c1ccccc1[N+](=O)[O-])C(=O)Nc1cccc(Br)c1. The second-order valence-corrected chi connectivity index (χ2v) is 5.37. The van der Waals surface area contributed by atoms with Crippen LogP contribution in [-0.4, -0.2) is 10.8 Å². The number of halogens is 1. The molecule has 0 heterocycles. The van der Waals surface area contributed by atoms with Crippen molar-refractivity contribution in [2.24, 2.45) is 0 Å². The number of para-hydroxylation sites is 1. The van der Waals surface area contributed by atoms with Crippen LogP contribution in [0.1, 0.15) is 5.56 Å². The molecule has 0 aliphatic heterocycles. The number of benzene rings is 2. The van der Waals surface area contributed by atoms with Gasteiger partial charge in [-0.25, -0.2) is 0 Å². The van der Waals surface area contributed by atoms with Gasteiger partial charge in [-0.15, -0.1) is 0 Å². The molecule has 6 nitrogen and oxygen atoms in total. The Balaban J connectivity index is 2.31. The van der Waals surface area contributed by atoms with E-state index in [-0.39, 0.29) is 16.8 Å². The summed E-state index contributed by atoms with van der Waals surface area (Å²) in [4.78, 5) is 22.6. The van der Waals surface area contributed by atoms with Gasteiger partial charge >= 0.3 is 0 Å². The van der Waals surface area contributed by atoms with Crippen molar-refractivity contribution in [1.82, 2.24) is 0 Å². The highest BCUT2D eigenvalue weighted by molar-refractivity contribution is 9.10. The Bertz CT molecular complexity index is 840. The molecular weight excluding hydrogens is 362 g/mol. The van der Waals surface area contributed by atoms with Crippen LogP contribution < -0.4 is 5.32 Å². The number of hydrogen-bond donors (Lipinski definition) is 1. The summed E-state index contributed by atoms with van der Waals surface area (Å²) in [5, 5.41) is 22.7. The van der Waals surface area contributed by atoms with E-state index < -0.39 is 10.8 Å². The molecule has 114 valence electrons. The maximum absolute atomic E-state index is 12.2. The number of nitrogens with zero attached hydrogens (tertiary/aromatic N) is 2. The largest absolute Gasteiger partial charge is 0.321 e. The summed E-state index contributed by atoms with van der Waals surface area (Å²) < 4.78 is 0.775. The third-order valence-corrected chi connectivity index (χ3v) is 3.37.